The van der Waals surface area contributed by atoms with E-state index in [1.54, 1.807) is 0 Å². The molecule has 0 aliphatic rings. The zero-order valence-corrected chi connectivity index (χ0v) is 7.40. The number of hydrogen-bond acceptors (Lipinski definition) is 0. The Hall–Kier alpha value is -1.60. The summed E-state index contributed by atoms with van der Waals surface area (Å²) in [6, 6.07) is 18.6. The molecule has 2 rings (SSSR count). The van der Waals surface area contributed by atoms with Crippen molar-refractivity contribution in [2.24, 2.45) is 0 Å². The van der Waals surface area contributed by atoms with Crippen molar-refractivity contribution in [3.05, 3.63) is 54.6 Å². The second-order valence-electron chi connectivity index (χ2n) is 3.07. The van der Waals surface area contributed by atoms with Gasteiger partial charge in [0.15, 0.2) is 0 Å². The van der Waals surface area contributed by atoms with Crippen molar-refractivity contribution < 1.29 is 5.73 Å². The molecule has 1 heteroatoms. The molecule has 0 spiro atoms. The van der Waals surface area contributed by atoms with Crippen molar-refractivity contribution >= 4 is 5.69 Å². The highest BCUT2D eigenvalue weighted by Crippen LogP contribution is 2.19. The van der Waals surface area contributed by atoms with Gasteiger partial charge in [-0.2, -0.15) is 0 Å². The lowest BCUT2D eigenvalue weighted by Crippen LogP contribution is -2.39. The average molecular weight is 170 g/mol. The molecule has 0 saturated carbocycles. The molecule has 13 heavy (non-hydrogen) atoms. The SMILES string of the molecule is [NH3+]c1cccc(-c2ccccc2)c1. The van der Waals surface area contributed by atoms with Crippen LogP contribution in [0.15, 0.2) is 54.6 Å². The summed E-state index contributed by atoms with van der Waals surface area (Å²) in [6.07, 6.45) is 0. The van der Waals surface area contributed by atoms with Crippen LogP contribution >= 0.6 is 0 Å². The molecule has 0 atom stereocenters. The standard InChI is InChI=1S/C12H11N/c13-12-8-4-7-11(9-12)10-5-2-1-3-6-10/h1-9H,13H2/p+1. The van der Waals surface area contributed by atoms with Crippen molar-refractivity contribution in [2.75, 3.05) is 0 Å². The van der Waals surface area contributed by atoms with Crippen molar-refractivity contribution in [3.8, 4) is 11.1 Å². The first-order valence-corrected chi connectivity index (χ1v) is 4.34. The fraction of sp³-hybridized carbons (Fsp3) is 0. The van der Waals surface area contributed by atoms with Crippen LogP contribution < -0.4 is 5.73 Å². The van der Waals surface area contributed by atoms with Crippen LogP contribution in [0.2, 0.25) is 0 Å². The van der Waals surface area contributed by atoms with E-state index in [0.717, 1.165) is 5.69 Å². The lowest BCUT2D eigenvalue weighted by molar-refractivity contribution is -0.254. The Kier molecular flexibility index (Phi) is 2.11. The fourth-order valence-electron chi connectivity index (χ4n) is 1.38. The lowest BCUT2D eigenvalue weighted by atomic mass is 10.1. The number of quaternary nitrogens is 1. The number of rotatable bonds is 1. The largest absolute Gasteiger partial charge is 0.325 e. The van der Waals surface area contributed by atoms with E-state index in [1.807, 2.05) is 30.3 Å². The maximum atomic E-state index is 3.91. The third-order valence-corrected chi connectivity index (χ3v) is 2.03. The van der Waals surface area contributed by atoms with E-state index >= 15 is 0 Å². The van der Waals surface area contributed by atoms with E-state index in [9.17, 15) is 0 Å². The normalized spacial score (nSPS) is 9.92. The zero-order valence-electron chi connectivity index (χ0n) is 7.40. The minimum atomic E-state index is 1.06. The van der Waals surface area contributed by atoms with E-state index in [0.29, 0.717) is 0 Å². The van der Waals surface area contributed by atoms with Crippen molar-refractivity contribution in [2.45, 2.75) is 0 Å². The topological polar surface area (TPSA) is 27.6 Å². The summed E-state index contributed by atoms with van der Waals surface area (Å²) >= 11 is 0. The maximum Gasteiger partial charge on any atom is 0.128 e. The average Bonchev–Trinajstić information content (AvgIpc) is 2.19. The van der Waals surface area contributed by atoms with Crippen LogP contribution in [0.1, 0.15) is 0 Å². The molecule has 1 nitrogen and oxygen atoms in total. The highest BCUT2D eigenvalue weighted by atomic mass is 14.5. The molecule has 0 aliphatic heterocycles. The molecule has 3 N–H and O–H groups in total. The Balaban J connectivity index is 2.48. The molecule has 0 amide bonds. The maximum absolute atomic E-state index is 3.91. The quantitative estimate of drug-likeness (QED) is 0.679. The number of hydrogen-bond donors (Lipinski definition) is 1. The molecule has 0 bridgehead atoms. The van der Waals surface area contributed by atoms with Crippen molar-refractivity contribution in [1.82, 2.24) is 0 Å². The van der Waals surface area contributed by atoms with Crippen LogP contribution in [0, 0.1) is 0 Å². The number of benzene rings is 2. The Morgan fingerprint density at radius 1 is 0.692 bits per heavy atom. The van der Waals surface area contributed by atoms with Gasteiger partial charge < -0.3 is 5.73 Å². The molecule has 2 aromatic carbocycles. The molecule has 0 aliphatic carbocycles. The third kappa shape index (κ3) is 1.76. The lowest BCUT2D eigenvalue weighted by Gasteiger charge is -1.99. The van der Waals surface area contributed by atoms with Crippen LogP contribution in [0.3, 0.4) is 0 Å². The van der Waals surface area contributed by atoms with Gasteiger partial charge in [-0.3, -0.25) is 0 Å². The van der Waals surface area contributed by atoms with Gasteiger partial charge in [0, 0.05) is 6.07 Å². The van der Waals surface area contributed by atoms with E-state index in [-0.39, 0.29) is 0 Å². The van der Waals surface area contributed by atoms with Crippen LogP contribution in [0.4, 0.5) is 5.69 Å². The van der Waals surface area contributed by atoms with Gasteiger partial charge in [0.2, 0.25) is 0 Å². The highest BCUT2D eigenvalue weighted by Gasteiger charge is 1.96. The van der Waals surface area contributed by atoms with Gasteiger partial charge in [0.05, 0.1) is 0 Å². The molecular weight excluding hydrogens is 158 g/mol. The van der Waals surface area contributed by atoms with Crippen LogP contribution in [0.25, 0.3) is 11.1 Å². The summed E-state index contributed by atoms with van der Waals surface area (Å²) in [6.45, 7) is 0. The first kappa shape index (κ1) is 8.02. The second-order valence-corrected chi connectivity index (χ2v) is 3.07. The molecule has 2 aromatic rings. The van der Waals surface area contributed by atoms with Gasteiger partial charge in [0.25, 0.3) is 0 Å². The highest BCUT2D eigenvalue weighted by molar-refractivity contribution is 5.65. The monoisotopic (exact) mass is 170 g/mol. The summed E-state index contributed by atoms with van der Waals surface area (Å²) in [5.74, 6) is 0. The molecule has 0 saturated heterocycles. The van der Waals surface area contributed by atoms with Gasteiger partial charge in [-0.15, -0.1) is 0 Å². The van der Waals surface area contributed by atoms with Gasteiger partial charge >= 0.3 is 0 Å². The van der Waals surface area contributed by atoms with Crippen LogP contribution in [-0.2, 0) is 0 Å². The summed E-state index contributed by atoms with van der Waals surface area (Å²) in [4.78, 5) is 0. The first-order chi connectivity index (χ1) is 6.36. The van der Waals surface area contributed by atoms with Gasteiger partial charge in [-0.05, 0) is 17.2 Å². The summed E-state index contributed by atoms with van der Waals surface area (Å²) in [5, 5.41) is 0. The third-order valence-electron chi connectivity index (χ3n) is 2.03. The van der Waals surface area contributed by atoms with E-state index < -0.39 is 0 Å². The van der Waals surface area contributed by atoms with E-state index in [2.05, 4.69) is 30.0 Å². The first-order valence-electron chi connectivity index (χ1n) is 4.34. The summed E-state index contributed by atoms with van der Waals surface area (Å²) in [5.41, 5.74) is 7.44. The predicted molar refractivity (Wildman–Crippen MR) is 54.4 cm³/mol. The predicted octanol–water partition coefficient (Wildman–Crippen LogP) is 2.23. The van der Waals surface area contributed by atoms with E-state index in [4.69, 9.17) is 0 Å². The Morgan fingerprint density at radius 3 is 2.08 bits per heavy atom. The Labute approximate surface area is 77.8 Å². The second kappa shape index (κ2) is 3.42. The fourth-order valence-corrected chi connectivity index (χ4v) is 1.38. The summed E-state index contributed by atoms with van der Waals surface area (Å²) < 4.78 is 0. The van der Waals surface area contributed by atoms with Gasteiger partial charge in [-0.25, -0.2) is 0 Å². The van der Waals surface area contributed by atoms with Crippen LogP contribution in [0.5, 0.6) is 0 Å². The molecule has 0 aromatic heterocycles. The smallest absolute Gasteiger partial charge is 0.128 e. The summed E-state index contributed by atoms with van der Waals surface area (Å²) in [7, 11) is 0. The van der Waals surface area contributed by atoms with Crippen molar-refractivity contribution in [3.63, 3.8) is 0 Å². The molecule has 0 unspecified atom stereocenters. The van der Waals surface area contributed by atoms with Crippen LogP contribution in [-0.4, -0.2) is 0 Å². The van der Waals surface area contributed by atoms with Gasteiger partial charge in [-0.1, -0.05) is 42.5 Å². The molecule has 0 heterocycles. The molecular formula is C12H12N+. The zero-order chi connectivity index (χ0) is 9.10. The molecule has 64 valence electrons. The Morgan fingerprint density at radius 2 is 1.38 bits per heavy atom. The van der Waals surface area contributed by atoms with Crippen molar-refractivity contribution in [1.29, 1.82) is 0 Å². The Bertz CT molecular complexity index is 393. The minimum absolute atomic E-state index is 1.06. The minimum Gasteiger partial charge on any atom is -0.325 e. The van der Waals surface area contributed by atoms with Gasteiger partial charge in [0.1, 0.15) is 5.69 Å². The van der Waals surface area contributed by atoms with E-state index in [1.165, 1.54) is 11.1 Å². The molecule has 0 radical (unpaired) electrons. The molecule has 0 fully saturated rings.